The van der Waals surface area contributed by atoms with E-state index >= 15 is 0 Å². The van der Waals surface area contributed by atoms with Crippen molar-refractivity contribution in [2.45, 2.75) is 26.5 Å². The number of carbonyl (C=O) groups is 2. The first-order chi connectivity index (χ1) is 19.5. The molecular weight excluding hydrogens is 528 g/mol. The zero-order valence-electron chi connectivity index (χ0n) is 22.1. The number of ether oxygens (including phenoxy) is 3. The molecule has 1 N–H and O–H groups in total. The number of nitrogens with zero attached hydrogens (tertiary/aromatic N) is 2. The molecule has 0 bridgehead atoms. The first kappa shape index (κ1) is 27.0. The second kappa shape index (κ2) is 12.0. The van der Waals surface area contributed by atoms with Crippen molar-refractivity contribution in [3.8, 4) is 17.2 Å². The maximum atomic E-state index is 13.4. The molecule has 0 radical (unpaired) electrons. The predicted molar refractivity (Wildman–Crippen MR) is 153 cm³/mol. The van der Waals surface area contributed by atoms with Crippen LogP contribution in [0.5, 0.6) is 17.2 Å². The third-order valence-corrected chi connectivity index (χ3v) is 7.10. The van der Waals surface area contributed by atoms with Gasteiger partial charge in [0, 0.05) is 17.1 Å². The van der Waals surface area contributed by atoms with Crippen LogP contribution in [0.25, 0.3) is 5.76 Å². The molecular formula is C31H28N2O6S. The highest BCUT2D eigenvalue weighted by atomic mass is 32.1. The summed E-state index contributed by atoms with van der Waals surface area (Å²) in [6.45, 7) is 4.96. The van der Waals surface area contributed by atoms with Crippen LogP contribution < -0.4 is 19.1 Å². The van der Waals surface area contributed by atoms with Crippen LogP contribution in [0, 0.1) is 0 Å². The minimum absolute atomic E-state index is 0.0373. The van der Waals surface area contributed by atoms with Gasteiger partial charge in [0.05, 0.1) is 24.8 Å². The number of carbonyl (C=O) groups excluding carboxylic acids is 2. The molecule has 8 nitrogen and oxygen atoms in total. The van der Waals surface area contributed by atoms with Gasteiger partial charge in [0.15, 0.2) is 16.6 Å². The highest BCUT2D eigenvalue weighted by Crippen LogP contribution is 2.44. The summed E-state index contributed by atoms with van der Waals surface area (Å²) in [4.78, 5) is 32.3. The molecule has 1 aromatic heterocycles. The number of thiazole rings is 1. The minimum Gasteiger partial charge on any atom is -0.507 e. The molecule has 1 fully saturated rings. The fourth-order valence-corrected chi connectivity index (χ4v) is 5.20. The average Bonchev–Trinajstić information content (AvgIpc) is 3.60. The van der Waals surface area contributed by atoms with E-state index in [-0.39, 0.29) is 11.3 Å². The van der Waals surface area contributed by atoms with Crippen molar-refractivity contribution in [2.24, 2.45) is 0 Å². The topological polar surface area (TPSA) is 98.2 Å². The van der Waals surface area contributed by atoms with Crippen molar-refractivity contribution in [1.82, 2.24) is 4.98 Å². The van der Waals surface area contributed by atoms with Gasteiger partial charge < -0.3 is 19.3 Å². The monoisotopic (exact) mass is 556 g/mol. The van der Waals surface area contributed by atoms with Crippen molar-refractivity contribution in [2.75, 3.05) is 18.1 Å². The largest absolute Gasteiger partial charge is 0.507 e. The summed E-state index contributed by atoms with van der Waals surface area (Å²) >= 11 is 1.23. The van der Waals surface area contributed by atoms with Crippen LogP contribution in [0.4, 0.5) is 5.13 Å². The number of anilines is 1. The van der Waals surface area contributed by atoms with Crippen LogP contribution >= 0.6 is 11.3 Å². The Balaban J connectivity index is 1.58. The molecule has 0 saturated carbocycles. The Morgan fingerprint density at radius 2 is 1.68 bits per heavy atom. The summed E-state index contributed by atoms with van der Waals surface area (Å²) < 4.78 is 17.5. The average molecular weight is 557 g/mol. The quantitative estimate of drug-likeness (QED) is 0.142. The number of hydrogen-bond acceptors (Lipinski definition) is 8. The molecule has 204 valence electrons. The maximum Gasteiger partial charge on any atom is 0.301 e. The van der Waals surface area contributed by atoms with E-state index in [0.29, 0.717) is 53.3 Å². The Morgan fingerprint density at radius 1 is 0.925 bits per heavy atom. The van der Waals surface area contributed by atoms with E-state index < -0.39 is 17.7 Å². The Kier molecular flexibility index (Phi) is 8.12. The lowest BCUT2D eigenvalue weighted by Gasteiger charge is -2.24. The molecule has 5 rings (SSSR count). The fourth-order valence-electron chi connectivity index (χ4n) is 4.53. The normalized spacial score (nSPS) is 16.2. The van der Waals surface area contributed by atoms with Gasteiger partial charge in [-0.2, -0.15) is 0 Å². The number of rotatable bonds is 10. The van der Waals surface area contributed by atoms with Crippen LogP contribution in [-0.2, 0) is 16.2 Å². The van der Waals surface area contributed by atoms with Crippen LogP contribution in [0.1, 0.15) is 36.6 Å². The number of Topliss-reactive ketones (excluding diaryl/α,β-unsaturated/α-hetero) is 1. The molecule has 0 aliphatic carbocycles. The third kappa shape index (κ3) is 5.41. The van der Waals surface area contributed by atoms with Gasteiger partial charge in [-0.1, -0.05) is 36.4 Å². The molecule has 1 amide bonds. The number of hydrogen-bond donors (Lipinski definition) is 1. The number of amides is 1. The second-order valence-corrected chi connectivity index (χ2v) is 9.73. The fraction of sp³-hybridized carbons (Fsp3) is 0.194. The van der Waals surface area contributed by atoms with Crippen molar-refractivity contribution >= 4 is 33.9 Å². The molecule has 1 unspecified atom stereocenters. The van der Waals surface area contributed by atoms with Crippen LogP contribution in [0.15, 0.2) is 89.9 Å². The zero-order chi connectivity index (χ0) is 28.1. The smallest absolute Gasteiger partial charge is 0.301 e. The SMILES string of the molecule is CCOc1ccc(C(O)=C2C(=O)C(=O)N(c3nccs3)C2c2ccc(OCc3ccccc3)c(OCC)c2)cc1. The zero-order valence-corrected chi connectivity index (χ0v) is 22.9. The van der Waals surface area contributed by atoms with E-state index in [1.54, 1.807) is 54.0 Å². The van der Waals surface area contributed by atoms with Crippen LogP contribution in [0.2, 0.25) is 0 Å². The third-order valence-electron chi connectivity index (χ3n) is 6.33. The molecule has 0 spiro atoms. The summed E-state index contributed by atoms with van der Waals surface area (Å²) in [7, 11) is 0. The molecule has 1 aliphatic heterocycles. The van der Waals surface area contributed by atoms with E-state index in [2.05, 4.69) is 4.98 Å². The van der Waals surface area contributed by atoms with E-state index in [9.17, 15) is 14.7 Å². The Morgan fingerprint density at radius 3 is 2.35 bits per heavy atom. The lowest BCUT2D eigenvalue weighted by atomic mass is 9.95. The van der Waals surface area contributed by atoms with Gasteiger partial charge in [0.2, 0.25) is 0 Å². The Hall–Kier alpha value is -4.63. The Bertz CT molecular complexity index is 1520. The second-order valence-electron chi connectivity index (χ2n) is 8.85. The van der Waals surface area contributed by atoms with Gasteiger partial charge in [-0.15, -0.1) is 11.3 Å². The molecule has 1 saturated heterocycles. The van der Waals surface area contributed by atoms with Crippen LogP contribution in [-0.4, -0.2) is 35.0 Å². The molecule has 3 aromatic carbocycles. The summed E-state index contributed by atoms with van der Waals surface area (Å²) in [5.41, 5.74) is 1.92. The van der Waals surface area contributed by atoms with Gasteiger partial charge in [0.1, 0.15) is 18.1 Å². The van der Waals surface area contributed by atoms with E-state index in [1.807, 2.05) is 44.2 Å². The summed E-state index contributed by atoms with van der Waals surface area (Å²) in [5.74, 6) is -0.239. The highest BCUT2D eigenvalue weighted by Gasteiger charge is 2.48. The minimum atomic E-state index is -0.930. The van der Waals surface area contributed by atoms with E-state index in [0.717, 1.165) is 5.56 Å². The van der Waals surface area contributed by atoms with Crippen molar-refractivity contribution < 1.29 is 28.9 Å². The Labute approximate surface area is 236 Å². The molecule has 2 heterocycles. The van der Waals surface area contributed by atoms with Crippen molar-refractivity contribution in [3.63, 3.8) is 0 Å². The summed E-state index contributed by atoms with van der Waals surface area (Å²) in [6, 6.07) is 20.8. The van der Waals surface area contributed by atoms with Crippen molar-refractivity contribution in [3.05, 3.63) is 107 Å². The maximum absolute atomic E-state index is 13.4. The number of benzene rings is 3. The number of aliphatic hydroxyl groups excluding tert-OH is 1. The number of aliphatic hydroxyl groups is 1. The number of ketones is 1. The van der Waals surface area contributed by atoms with Gasteiger partial charge >= 0.3 is 5.91 Å². The predicted octanol–water partition coefficient (Wildman–Crippen LogP) is 6.15. The molecule has 4 aromatic rings. The lowest BCUT2D eigenvalue weighted by molar-refractivity contribution is -0.132. The van der Waals surface area contributed by atoms with Crippen molar-refractivity contribution in [1.29, 1.82) is 0 Å². The molecule has 1 atom stereocenters. The highest BCUT2D eigenvalue weighted by molar-refractivity contribution is 7.14. The van der Waals surface area contributed by atoms with E-state index in [1.165, 1.54) is 16.2 Å². The summed E-state index contributed by atoms with van der Waals surface area (Å²) in [6.07, 6.45) is 1.56. The number of aromatic nitrogens is 1. The molecule has 9 heteroatoms. The summed E-state index contributed by atoms with van der Waals surface area (Å²) in [5, 5.41) is 13.5. The van der Waals surface area contributed by atoms with Gasteiger partial charge in [-0.05, 0) is 61.4 Å². The first-order valence-corrected chi connectivity index (χ1v) is 13.8. The molecule has 1 aliphatic rings. The van der Waals surface area contributed by atoms with E-state index in [4.69, 9.17) is 14.2 Å². The lowest BCUT2D eigenvalue weighted by Crippen LogP contribution is -2.29. The van der Waals surface area contributed by atoms with Gasteiger partial charge in [0.25, 0.3) is 5.78 Å². The first-order valence-electron chi connectivity index (χ1n) is 12.9. The molecule has 40 heavy (non-hydrogen) atoms. The standard InChI is InChI=1S/C31H28N2O6S/c1-3-37-23-13-10-21(11-14-23)28(34)26-27(33(30(36)29(26)35)31-32-16-17-40-31)22-12-15-24(25(18-22)38-4-2)39-19-20-8-6-5-7-9-20/h5-18,27,34H,3-4,19H2,1-2H3. The van der Waals surface area contributed by atoms with Crippen LogP contribution in [0.3, 0.4) is 0 Å². The van der Waals surface area contributed by atoms with Gasteiger partial charge in [-0.25, -0.2) is 4.98 Å². The van der Waals surface area contributed by atoms with Gasteiger partial charge in [-0.3, -0.25) is 14.5 Å².